The van der Waals surface area contributed by atoms with Crippen molar-refractivity contribution in [3.63, 3.8) is 0 Å². The van der Waals surface area contributed by atoms with E-state index in [2.05, 4.69) is 10.6 Å². The zero-order valence-corrected chi connectivity index (χ0v) is 10.5. The van der Waals surface area contributed by atoms with Crippen LogP contribution >= 0.6 is 0 Å². The minimum absolute atomic E-state index is 0.100. The molecule has 0 spiro atoms. The van der Waals surface area contributed by atoms with Crippen molar-refractivity contribution in [1.82, 2.24) is 10.6 Å². The lowest BCUT2D eigenvalue weighted by Gasteiger charge is -2.11. The Morgan fingerprint density at radius 1 is 1.45 bits per heavy atom. The third-order valence-corrected chi connectivity index (χ3v) is 3.15. The van der Waals surface area contributed by atoms with Gasteiger partial charge in [-0.25, -0.2) is 8.78 Å². The molecule has 1 atom stereocenters. The minimum Gasteiger partial charge on any atom is -0.350 e. The van der Waals surface area contributed by atoms with E-state index in [0.717, 1.165) is 19.4 Å². The largest absolute Gasteiger partial charge is 0.350 e. The zero-order chi connectivity index (χ0) is 14.7. The minimum atomic E-state index is -1.36. The molecule has 1 saturated heterocycles. The van der Waals surface area contributed by atoms with E-state index in [9.17, 15) is 23.7 Å². The highest BCUT2D eigenvalue weighted by Crippen LogP contribution is 2.22. The molecule has 0 aliphatic carbocycles. The Balaban J connectivity index is 2.15. The van der Waals surface area contributed by atoms with Crippen molar-refractivity contribution >= 4 is 11.6 Å². The predicted molar refractivity (Wildman–Crippen MR) is 66.4 cm³/mol. The Hall–Kier alpha value is -2.09. The lowest BCUT2D eigenvalue weighted by molar-refractivity contribution is -0.385. The average molecular weight is 285 g/mol. The zero-order valence-electron chi connectivity index (χ0n) is 10.5. The number of nitro groups is 1. The third kappa shape index (κ3) is 3.08. The predicted octanol–water partition coefficient (Wildman–Crippen LogP) is 1.35. The van der Waals surface area contributed by atoms with Crippen LogP contribution in [0.2, 0.25) is 0 Å². The van der Waals surface area contributed by atoms with Crippen LogP contribution in [0.25, 0.3) is 0 Å². The van der Waals surface area contributed by atoms with E-state index < -0.39 is 33.7 Å². The molecule has 1 aliphatic rings. The van der Waals surface area contributed by atoms with Gasteiger partial charge in [0, 0.05) is 12.6 Å². The molecule has 1 amide bonds. The normalized spacial score (nSPS) is 18.0. The molecule has 8 heteroatoms. The van der Waals surface area contributed by atoms with E-state index >= 15 is 0 Å². The maximum atomic E-state index is 13.1. The number of nitrogens with zero attached hydrogens (tertiary/aromatic N) is 1. The summed E-state index contributed by atoms with van der Waals surface area (Å²) in [4.78, 5) is 21.7. The summed E-state index contributed by atoms with van der Waals surface area (Å²) in [7, 11) is 0. The Morgan fingerprint density at radius 3 is 2.75 bits per heavy atom. The summed E-state index contributed by atoms with van der Waals surface area (Å²) in [5.74, 6) is -3.44. The van der Waals surface area contributed by atoms with Gasteiger partial charge in [0.25, 0.3) is 11.6 Å². The molecule has 1 aromatic carbocycles. The number of hydrogen-bond acceptors (Lipinski definition) is 4. The van der Waals surface area contributed by atoms with E-state index in [4.69, 9.17) is 0 Å². The van der Waals surface area contributed by atoms with Crippen LogP contribution in [0.4, 0.5) is 14.5 Å². The van der Waals surface area contributed by atoms with Gasteiger partial charge in [-0.15, -0.1) is 0 Å². The molecule has 1 aromatic rings. The third-order valence-electron chi connectivity index (χ3n) is 3.15. The van der Waals surface area contributed by atoms with Crippen LogP contribution in [-0.2, 0) is 0 Å². The maximum absolute atomic E-state index is 13.1. The SMILES string of the molecule is O=C(NCC1CCCN1)c1cc(F)c(F)cc1[N+](=O)[O-]. The number of carbonyl (C=O) groups excluding carboxylic acids is 1. The number of benzene rings is 1. The van der Waals surface area contributed by atoms with E-state index in [1.807, 2.05) is 0 Å². The maximum Gasteiger partial charge on any atom is 0.285 e. The molecule has 0 aromatic heterocycles. The van der Waals surface area contributed by atoms with E-state index in [1.165, 1.54) is 0 Å². The van der Waals surface area contributed by atoms with Crippen molar-refractivity contribution in [1.29, 1.82) is 0 Å². The van der Waals surface area contributed by atoms with Crippen LogP contribution in [-0.4, -0.2) is 30.0 Å². The van der Waals surface area contributed by atoms with Gasteiger partial charge < -0.3 is 10.6 Å². The van der Waals surface area contributed by atoms with Crippen LogP contribution in [0, 0.1) is 21.7 Å². The van der Waals surface area contributed by atoms with Crippen molar-refractivity contribution in [2.75, 3.05) is 13.1 Å². The molecule has 108 valence electrons. The van der Waals surface area contributed by atoms with Crippen LogP contribution < -0.4 is 10.6 Å². The molecule has 1 aliphatic heterocycles. The van der Waals surface area contributed by atoms with Crippen LogP contribution in [0.3, 0.4) is 0 Å². The van der Waals surface area contributed by atoms with Gasteiger partial charge in [0.15, 0.2) is 11.6 Å². The number of hydrogen-bond donors (Lipinski definition) is 2. The lowest BCUT2D eigenvalue weighted by Crippen LogP contribution is -2.37. The first-order valence-corrected chi connectivity index (χ1v) is 6.14. The number of halogens is 2. The highest BCUT2D eigenvalue weighted by atomic mass is 19.2. The standard InChI is InChI=1S/C12H13F2N3O3/c13-9-4-8(11(17(19)20)5-10(9)14)12(18)16-6-7-2-1-3-15-7/h4-5,7,15H,1-3,6H2,(H,16,18). The molecule has 2 rings (SSSR count). The summed E-state index contributed by atoms with van der Waals surface area (Å²) in [6.45, 7) is 1.14. The second kappa shape index (κ2) is 5.91. The molecular formula is C12H13F2N3O3. The molecule has 6 nitrogen and oxygen atoms in total. The van der Waals surface area contributed by atoms with Crippen molar-refractivity contribution in [3.8, 4) is 0 Å². The number of carbonyl (C=O) groups is 1. The molecule has 1 fully saturated rings. The first kappa shape index (κ1) is 14.3. The summed E-state index contributed by atoms with van der Waals surface area (Å²) in [5.41, 5.74) is -1.23. The van der Waals surface area contributed by atoms with Gasteiger partial charge in [-0.2, -0.15) is 0 Å². The number of nitrogens with one attached hydrogen (secondary N) is 2. The fourth-order valence-electron chi connectivity index (χ4n) is 2.11. The van der Waals surface area contributed by atoms with Gasteiger partial charge in [0.1, 0.15) is 5.56 Å². The number of rotatable bonds is 4. The first-order chi connectivity index (χ1) is 9.49. The fourth-order valence-corrected chi connectivity index (χ4v) is 2.11. The first-order valence-electron chi connectivity index (χ1n) is 6.14. The summed E-state index contributed by atoms with van der Waals surface area (Å²) < 4.78 is 26.1. The van der Waals surface area contributed by atoms with Crippen LogP contribution in [0.1, 0.15) is 23.2 Å². The van der Waals surface area contributed by atoms with E-state index in [1.54, 1.807) is 0 Å². The Labute approximate surface area is 113 Å². The van der Waals surface area contributed by atoms with Gasteiger partial charge in [0.2, 0.25) is 0 Å². The van der Waals surface area contributed by atoms with Crippen molar-refractivity contribution in [2.24, 2.45) is 0 Å². The molecule has 1 unspecified atom stereocenters. The fraction of sp³-hybridized carbons (Fsp3) is 0.417. The molecular weight excluding hydrogens is 272 g/mol. The molecule has 0 saturated carbocycles. The molecule has 0 bridgehead atoms. The molecule has 2 N–H and O–H groups in total. The summed E-state index contributed by atoms with van der Waals surface area (Å²) >= 11 is 0. The van der Waals surface area contributed by atoms with Crippen molar-refractivity contribution in [2.45, 2.75) is 18.9 Å². The van der Waals surface area contributed by atoms with Gasteiger partial charge in [-0.1, -0.05) is 0 Å². The summed E-state index contributed by atoms with van der Waals surface area (Å²) in [6.07, 6.45) is 1.88. The van der Waals surface area contributed by atoms with Crippen molar-refractivity contribution < 1.29 is 18.5 Å². The van der Waals surface area contributed by atoms with E-state index in [0.29, 0.717) is 12.1 Å². The summed E-state index contributed by atoms with van der Waals surface area (Å²) in [5, 5.41) is 16.4. The van der Waals surface area contributed by atoms with Crippen LogP contribution in [0.15, 0.2) is 12.1 Å². The highest BCUT2D eigenvalue weighted by Gasteiger charge is 2.24. The van der Waals surface area contributed by atoms with Crippen LogP contribution in [0.5, 0.6) is 0 Å². The summed E-state index contributed by atoms with van der Waals surface area (Å²) in [6, 6.07) is 1.06. The van der Waals surface area contributed by atoms with Gasteiger partial charge in [0.05, 0.1) is 11.0 Å². The molecule has 0 radical (unpaired) electrons. The number of amides is 1. The molecule has 1 heterocycles. The van der Waals surface area contributed by atoms with Gasteiger partial charge in [-0.3, -0.25) is 14.9 Å². The van der Waals surface area contributed by atoms with Gasteiger partial charge >= 0.3 is 0 Å². The van der Waals surface area contributed by atoms with E-state index in [-0.39, 0.29) is 12.6 Å². The second-order valence-electron chi connectivity index (χ2n) is 4.54. The average Bonchev–Trinajstić information content (AvgIpc) is 2.91. The Bertz CT molecular complexity index is 545. The lowest BCUT2D eigenvalue weighted by atomic mass is 10.1. The monoisotopic (exact) mass is 285 g/mol. The number of nitro benzene ring substituents is 1. The quantitative estimate of drug-likeness (QED) is 0.646. The Morgan fingerprint density at radius 2 is 2.15 bits per heavy atom. The smallest absolute Gasteiger partial charge is 0.285 e. The molecule has 20 heavy (non-hydrogen) atoms. The topological polar surface area (TPSA) is 84.3 Å². The van der Waals surface area contributed by atoms with Gasteiger partial charge in [-0.05, 0) is 25.5 Å². The van der Waals surface area contributed by atoms with Crippen molar-refractivity contribution in [3.05, 3.63) is 39.4 Å². The second-order valence-corrected chi connectivity index (χ2v) is 4.54. The highest BCUT2D eigenvalue weighted by molar-refractivity contribution is 5.98. The Kier molecular flexibility index (Phi) is 4.23.